The van der Waals surface area contributed by atoms with E-state index in [4.69, 9.17) is 32.7 Å². The standard InChI is InChI=1S/C14H16Cl2O4/c1-9(2)14(18)20-8-12(17)7-19-6-10-3-4-11(15)5-13(10)16/h3-5,12,17H,1,6-8H2,2H3. The van der Waals surface area contributed by atoms with Gasteiger partial charge in [-0.1, -0.05) is 35.8 Å². The molecule has 0 fully saturated rings. The van der Waals surface area contributed by atoms with Crippen LogP contribution in [0.15, 0.2) is 30.4 Å². The molecule has 0 spiro atoms. The molecule has 0 heterocycles. The van der Waals surface area contributed by atoms with Crippen LogP contribution < -0.4 is 0 Å². The number of aliphatic hydroxyl groups excluding tert-OH is 1. The summed E-state index contributed by atoms with van der Waals surface area (Å²) in [5.74, 6) is -0.537. The molecule has 1 rings (SSSR count). The van der Waals surface area contributed by atoms with E-state index in [1.54, 1.807) is 18.2 Å². The lowest BCUT2D eigenvalue weighted by atomic mass is 10.2. The van der Waals surface area contributed by atoms with E-state index in [1.165, 1.54) is 6.92 Å². The molecule has 0 bridgehead atoms. The van der Waals surface area contributed by atoms with Crippen LogP contribution in [0.4, 0.5) is 0 Å². The first-order valence-corrected chi connectivity index (χ1v) is 6.68. The third-order valence-corrected chi connectivity index (χ3v) is 2.93. The minimum atomic E-state index is -0.899. The topological polar surface area (TPSA) is 55.8 Å². The first kappa shape index (κ1) is 17.0. The Bertz CT molecular complexity index is 488. The monoisotopic (exact) mass is 318 g/mol. The first-order valence-electron chi connectivity index (χ1n) is 5.92. The minimum absolute atomic E-state index is 0.0302. The van der Waals surface area contributed by atoms with Crippen LogP contribution in [-0.2, 0) is 20.9 Å². The van der Waals surface area contributed by atoms with Crippen molar-refractivity contribution >= 4 is 29.2 Å². The second-order valence-electron chi connectivity index (χ2n) is 4.28. The summed E-state index contributed by atoms with van der Waals surface area (Å²) < 4.78 is 10.1. The van der Waals surface area contributed by atoms with Crippen molar-refractivity contribution in [3.63, 3.8) is 0 Å². The number of halogens is 2. The van der Waals surface area contributed by atoms with Gasteiger partial charge in [-0.25, -0.2) is 4.79 Å². The molecule has 6 heteroatoms. The second-order valence-corrected chi connectivity index (χ2v) is 5.13. The molecule has 0 aromatic heterocycles. The van der Waals surface area contributed by atoms with Gasteiger partial charge in [-0.2, -0.15) is 0 Å². The molecule has 4 nitrogen and oxygen atoms in total. The van der Waals surface area contributed by atoms with E-state index in [1.807, 2.05) is 0 Å². The first-order chi connectivity index (χ1) is 9.40. The molecule has 0 aliphatic heterocycles. The van der Waals surface area contributed by atoms with Crippen molar-refractivity contribution in [2.45, 2.75) is 19.6 Å². The molecule has 0 aliphatic rings. The minimum Gasteiger partial charge on any atom is -0.460 e. The fourth-order valence-corrected chi connectivity index (χ4v) is 1.75. The van der Waals surface area contributed by atoms with Crippen molar-refractivity contribution in [1.82, 2.24) is 0 Å². The van der Waals surface area contributed by atoms with Crippen molar-refractivity contribution in [2.75, 3.05) is 13.2 Å². The summed E-state index contributed by atoms with van der Waals surface area (Å²) in [6, 6.07) is 5.07. The third kappa shape index (κ3) is 5.92. The number of rotatable bonds is 7. The Kier molecular flexibility index (Phi) is 7.02. The number of hydrogen-bond donors (Lipinski definition) is 1. The maximum absolute atomic E-state index is 11.1. The van der Waals surface area contributed by atoms with Gasteiger partial charge >= 0.3 is 5.97 Å². The summed E-state index contributed by atoms with van der Waals surface area (Å²) in [5, 5.41) is 10.6. The Labute approximate surface area is 127 Å². The average molecular weight is 319 g/mol. The highest BCUT2D eigenvalue weighted by Gasteiger charge is 2.10. The highest BCUT2D eigenvalue weighted by molar-refractivity contribution is 6.35. The molecule has 0 radical (unpaired) electrons. The van der Waals surface area contributed by atoms with E-state index in [9.17, 15) is 9.90 Å². The van der Waals surface area contributed by atoms with E-state index in [-0.39, 0.29) is 25.4 Å². The van der Waals surface area contributed by atoms with E-state index in [0.29, 0.717) is 10.0 Å². The van der Waals surface area contributed by atoms with Crippen molar-refractivity contribution < 1.29 is 19.4 Å². The Morgan fingerprint density at radius 2 is 2.10 bits per heavy atom. The predicted octanol–water partition coefficient (Wildman–Crippen LogP) is 2.99. The molecule has 0 aliphatic carbocycles. The number of esters is 1. The van der Waals surface area contributed by atoms with Crippen molar-refractivity contribution in [2.24, 2.45) is 0 Å². The fraction of sp³-hybridized carbons (Fsp3) is 0.357. The zero-order valence-corrected chi connectivity index (χ0v) is 12.6. The third-order valence-electron chi connectivity index (χ3n) is 2.34. The highest BCUT2D eigenvalue weighted by Crippen LogP contribution is 2.21. The summed E-state index contributed by atoms with van der Waals surface area (Å²) in [4.78, 5) is 11.1. The summed E-state index contributed by atoms with van der Waals surface area (Å²) in [7, 11) is 0. The maximum atomic E-state index is 11.1. The van der Waals surface area contributed by atoms with Gasteiger partial charge in [-0.15, -0.1) is 0 Å². The molecule has 0 amide bonds. The van der Waals surface area contributed by atoms with Crippen molar-refractivity contribution in [3.8, 4) is 0 Å². The van der Waals surface area contributed by atoms with Gasteiger partial charge < -0.3 is 14.6 Å². The molecule has 1 atom stereocenters. The highest BCUT2D eigenvalue weighted by atomic mass is 35.5. The van der Waals surface area contributed by atoms with E-state index in [2.05, 4.69) is 6.58 Å². The van der Waals surface area contributed by atoms with E-state index in [0.717, 1.165) is 5.56 Å². The predicted molar refractivity (Wildman–Crippen MR) is 77.9 cm³/mol. The Morgan fingerprint density at radius 3 is 2.70 bits per heavy atom. The van der Waals surface area contributed by atoms with Crippen LogP contribution in [-0.4, -0.2) is 30.4 Å². The Morgan fingerprint density at radius 1 is 1.40 bits per heavy atom. The quantitative estimate of drug-likeness (QED) is 0.620. The molecule has 1 aromatic carbocycles. The number of aliphatic hydroxyl groups is 1. The van der Waals surface area contributed by atoms with Crippen LogP contribution in [0.5, 0.6) is 0 Å². The van der Waals surface area contributed by atoms with Gasteiger partial charge in [-0.3, -0.25) is 0 Å². The normalized spacial score (nSPS) is 12.0. The lowest BCUT2D eigenvalue weighted by molar-refractivity contribution is -0.143. The maximum Gasteiger partial charge on any atom is 0.333 e. The summed E-state index contributed by atoms with van der Waals surface area (Å²) >= 11 is 11.8. The molecular weight excluding hydrogens is 303 g/mol. The summed E-state index contributed by atoms with van der Waals surface area (Å²) in [5.41, 5.74) is 1.05. The van der Waals surface area contributed by atoms with Crippen LogP contribution in [0.3, 0.4) is 0 Å². The van der Waals surface area contributed by atoms with E-state index >= 15 is 0 Å². The van der Waals surface area contributed by atoms with Crippen LogP contribution >= 0.6 is 23.2 Å². The molecular formula is C14H16Cl2O4. The number of ether oxygens (including phenoxy) is 2. The zero-order valence-electron chi connectivity index (χ0n) is 11.1. The van der Waals surface area contributed by atoms with Crippen LogP contribution in [0, 0.1) is 0 Å². The molecule has 1 aromatic rings. The summed E-state index contributed by atoms with van der Waals surface area (Å²) in [6.45, 7) is 5.10. The molecule has 1 N–H and O–H groups in total. The Balaban J connectivity index is 2.29. The lowest BCUT2D eigenvalue weighted by Gasteiger charge is -2.12. The zero-order chi connectivity index (χ0) is 15.1. The molecule has 1 unspecified atom stereocenters. The Hall–Kier alpha value is -1.07. The average Bonchev–Trinajstić information content (AvgIpc) is 2.38. The van der Waals surface area contributed by atoms with Gasteiger partial charge in [0.15, 0.2) is 0 Å². The smallest absolute Gasteiger partial charge is 0.333 e. The van der Waals surface area contributed by atoms with Gasteiger partial charge in [0.05, 0.1) is 13.2 Å². The second kappa shape index (κ2) is 8.27. The van der Waals surface area contributed by atoms with Gasteiger partial charge in [0, 0.05) is 15.6 Å². The van der Waals surface area contributed by atoms with Gasteiger partial charge in [-0.05, 0) is 24.6 Å². The van der Waals surface area contributed by atoms with Gasteiger partial charge in [0.2, 0.25) is 0 Å². The SMILES string of the molecule is C=C(C)C(=O)OCC(O)COCc1ccc(Cl)cc1Cl. The number of carbonyl (C=O) groups excluding carboxylic acids is 1. The van der Waals surface area contributed by atoms with Crippen LogP contribution in [0.25, 0.3) is 0 Å². The van der Waals surface area contributed by atoms with Gasteiger partial charge in [0.1, 0.15) is 12.7 Å². The van der Waals surface area contributed by atoms with Crippen LogP contribution in [0.1, 0.15) is 12.5 Å². The lowest BCUT2D eigenvalue weighted by Crippen LogP contribution is -2.23. The van der Waals surface area contributed by atoms with Crippen LogP contribution in [0.2, 0.25) is 10.0 Å². The molecule has 110 valence electrons. The molecule has 20 heavy (non-hydrogen) atoms. The number of hydrogen-bond acceptors (Lipinski definition) is 4. The van der Waals surface area contributed by atoms with Gasteiger partial charge in [0.25, 0.3) is 0 Å². The number of carbonyl (C=O) groups is 1. The van der Waals surface area contributed by atoms with Crippen molar-refractivity contribution in [1.29, 1.82) is 0 Å². The summed E-state index contributed by atoms with van der Waals surface area (Å²) in [6.07, 6.45) is -0.899. The number of benzene rings is 1. The largest absolute Gasteiger partial charge is 0.460 e. The van der Waals surface area contributed by atoms with E-state index < -0.39 is 12.1 Å². The molecule has 0 saturated carbocycles. The molecule has 0 saturated heterocycles. The van der Waals surface area contributed by atoms with Crippen molar-refractivity contribution in [3.05, 3.63) is 46.0 Å². The fourth-order valence-electron chi connectivity index (χ4n) is 1.29.